The third-order valence-electron chi connectivity index (χ3n) is 2.56. The van der Waals surface area contributed by atoms with Crippen molar-refractivity contribution < 1.29 is 19.2 Å². The first kappa shape index (κ1) is 15.5. The minimum absolute atomic E-state index is 0.133. The highest BCUT2D eigenvalue weighted by Gasteiger charge is 2.28. The molecule has 0 aliphatic carbocycles. The van der Waals surface area contributed by atoms with Gasteiger partial charge in [0.05, 0.1) is 11.5 Å². The SMILES string of the molecule is CNC(=O)CSCC(=O)NCCN1C(=O)CCC1=O. The highest BCUT2D eigenvalue weighted by molar-refractivity contribution is 8.00. The summed E-state index contributed by atoms with van der Waals surface area (Å²) in [5.74, 6) is -0.317. The number of nitrogens with one attached hydrogen (secondary N) is 2. The van der Waals surface area contributed by atoms with Crippen LogP contribution in [0.5, 0.6) is 0 Å². The Bertz CT molecular complexity index is 370. The van der Waals surface area contributed by atoms with Crippen molar-refractivity contribution in [3.8, 4) is 0 Å². The molecule has 1 saturated heterocycles. The number of amides is 4. The van der Waals surface area contributed by atoms with Crippen LogP contribution in [0.25, 0.3) is 0 Å². The van der Waals surface area contributed by atoms with E-state index in [1.807, 2.05) is 0 Å². The molecule has 0 bridgehead atoms. The van der Waals surface area contributed by atoms with Crippen molar-refractivity contribution in [1.29, 1.82) is 0 Å². The van der Waals surface area contributed by atoms with E-state index < -0.39 is 0 Å². The van der Waals surface area contributed by atoms with E-state index in [0.29, 0.717) is 0 Å². The van der Waals surface area contributed by atoms with Crippen molar-refractivity contribution in [2.24, 2.45) is 0 Å². The van der Waals surface area contributed by atoms with Crippen LogP contribution in [0.3, 0.4) is 0 Å². The maximum Gasteiger partial charge on any atom is 0.230 e. The first-order chi connectivity index (χ1) is 9.04. The Kier molecular flexibility index (Phi) is 6.34. The molecule has 0 aromatic rings. The van der Waals surface area contributed by atoms with E-state index in [1.165, 1.54) is 18.8 Å². The molecule has 1 heterocycles. The van der Waals surface area contributed by atoms with Gasteiger partial charge in [-0.2, -0.15) is 0 Å². The Hall–Kier alpha value is -1.57. The zero-order chi connectivity index (χ0) is 14.3. The fraction of sp³-hybridized carbons (Fsp3) is 0.636. The summed E-state index contributed by atoms with van der Waals surface area (Å²) in [5.41, 5.74) is 0. The van der Waals surface area contributed by atoms with E-state index >= 15 is 0 Å². The number of nitrogens with zero attached hydrogens (tertiary/aromatic N) is 1. The topological polar surface area (TPSA) is 95.6 Å². The lowest BCUT2D eigenvalue weighted by Crippen LogP contribution is -2.38. The van der Waals surface area contributed by atoms with Gasteiger partial charge in [0.1, 0.15) is 0 Å². The third-order valence-corrected chi connectivity index (χ3v) is 3.49. The number of imide groups is 1. The Morgan fingerprint density at radius 1 is 1.16 bits per heavy atom. The number of likely N-dealkylation sites (tertiary alicyclic amines) is 1. The fourth-order valence-corrected chi connectivity index (χ4v) is 2.26. The van der Waals surface area contributed by atoms with E-state index in [0.717, 1.165) is 4.90 Å². The molecule has 0 saturated carbocycles. The minimum atomic E-state index is -0.215. The van der Waals surface area contributed by atoms with Gasteiger partial charge in [-0.05, 0) is 0 Å². The average Bonchev–Trinajstić information content (AvgIpc) is 2.70. The molecule has 1 aliphatic heterocycles. The predicted molar refractivity (Wildman–Crippen MR) is 70.4 cm³/mol. The number of rotatable bonds is 7. The molecule has 0 unspecified atom stereocenters. The van der Waals surface area contributed by atoms with Gasteiger partial charge in [0.2, 0.25) is 23.6 Å². The first-order valence-corrected chi connectivity index (χ1v) is 7.08. The first-order valence-electron chi connectivity index (χ1n) is 5.93. The highest BCUT2D eigenvalue weighted by atomic mass is 32.2. The van der Waals surface area contributed by atoms with Gasteiger partial charge in [0.15, 0.2) is 0 Å². The predicted octanol–water partition coefficient (Wildman–Crippen LogP) is -1.27. The molecular weight excluding hydrogens is 270 g/mol. The normalized spacial score (nSPS) is 14.7. The Balaban J connectivity index is 2.12. The van der Waals surface area contributed by atoms with E-state index in [9.17, 15) is 19.2 Å². The number of hydrogen-bond acceptors (Lipinski definition) is 5. The van der Waals surface area contributed by atoms with Crippen LogP contribution in [-0.4, -0.2) is 60.2 Å². The monoisotopic (exact) mass is 287 g/mol. The number of thioether (sulfide) groups is 1. The second-order valence-electron chi connectivity index (χ2n) is 3.96. The molecule has 8 heteroatoms. The molecule has 7 nitrogen and oxygen atoms in total. The van der Waals surface area contributed by atoms with Crippen molar-refractivity contribution in [2.75, 3.05) is 31.6 Å². The molecule has 106 valence electrons. The molecule has 0 aromatic carbocycles. The second kappa shape index (κ2) is 7.78. The summed E-state index contributed by atoms with van der Waals surface area (Å²) in [4.78, 5) is 46.0. The molecule has 1 fully saturated rings. The maximum atomic E-state index is 11.4. The molecule has 0 radical (unpaired) electrons. The largest absolute Gasteiger partial charge is 0.358 e. The van der Waals surface area contributed by atoms with Crippen LogP contribution in [0.1, 0.15) is 12.8 Å². The quantitative estimate of drug-likeness (QED) is 0.569. The third kappa shape index (κ3) is 5.29. The summed E-state index contributed by atoms with van der Waals surface area (Å²) < 4.78 is 0. The van der Waals surface area contributed by atoms with Gasteiger partial charge in [-0.3, -0.25) is 24.1 Å². The van der Waals surface area contributed by atoms with Gasteiger partial charge in [-0.15, -0.1) is 11.8 Å². The molecule has 1 rings (SSSR count). The van der Waals surface area contributed by atoms with Gasteiger partial charge in [-0.1, -0.05) is 0 Å². The van der Waals surface area contributed by atoms with Crippen LogP contribution in [-0.2, 0) is 19.2 Å². The smallest absolute Gasteiger partial charge is 0.230 e. The van der Waals surface area contributed by atoms with E-state index in [4.69, 9.17) is 0 Å². The zero-order valence-corrected chi connectivity index (χ0v) is 11.5. The molecule has 4 amide bonds. The fourth-order valence-electron chi connectivity index (χ4n) is 1.54. The van der Waals surface area contributed by atoms with Gasteiger partial charge in [0, 0.05) is 33.0 Å². The Labute approximate surface area is 115 Å². The number of carbonyl (C=O) groups excluding carboxylic acids is 4. The van der Waals surface area contributed by atoms with Gasteiger partial charge in [-0.25, -0.2) is 0 Å². The summed E-state index contributed by atoms with van der Waals surface area (Å²) in [5, 5.41) is 5.06. The zero-order valence-electron chi connectivity index (χ0n) is 10.7. The van der Waals surface area contributed by atoms with Gasteiger partial charge in [0.25, 0.3) is 0 Å². The molecule has 0 aromatic heterocycles. The Morgan fingerprint density at radius 3 is 2.32 bits per heavy atom. The van der Waals surface area contributed by atoms with Crippen molar-refractivity contribution in [1.82, 2.24) is 15.5 Å². The van der Waals surface area contributed by atoms with E-state index in [2.05, 4.69) is 10.6 Å². The Morgan fingerprint density at radius 2 is 1.74 bits per heavy atom. The summed E-state index contributed by atoms with van der Waals surface area (Å²) in [6.45, 7) is 0.459. The van der Waals surface area contributed by atoms with Crippen LogP contribution in [0.4, 0.5) is 0 Å². The van der Waals surface area contributed by atoms with Crippen molar-refractivity contribution in [3.63, 3.8) is 0 Å². The molecule has 0 atom stereocenters. The minimum Gasteiger partial charge on any atom is -0.358 e. The van der Waals surface area contributed by atoms with Gasteiger partial charge < -0.3 is 10.6 Å². The van der Waals surface area contributed by atoms with Crippen molar-refractivity contribution >= 4 is 35.4 Å². The molecular formula is C11H17N3O4S. The average molecular weight is 287 g/mol. The van der Waals surface area contributed by atoms with Crippen molar-refractivity contribution in [2.45, 2.75) is 12.8 Å². The second-order valence-corrected chi connectivity index (χ2v) is 4.94. The van der Waals surface area contributed by atoms with Gasteiger partial charge >= 0.3 is 0 Å². The lowest BCUT2D eigenvalue weighted by Gasteiger charge is -2.13. The highest BCUT2D eigenvalue weighted by Crippen LogP contribution is 2.10. The molecule has 2 N–H and O–H groups in total. The number of hydrogen-bond donors (Lipinski definition) is 2. The maximum absolute atomic E-state index is 11.4. The standard InChI is InChI=1S/C11H17N3O4S/c1-12-8(15)6-19-7-9(16)13-4-5-14-10(17)2-3-11(14)18/h2-7H2,1H3,(H,12,15)(H,13,16). The van der Waals surface area contributed by atoms with E-state index in [-0.39, 0.29) is 61.1 Å². The molecule has 19 heavy (non-hydrogen) atoms. The van der Waals surface area contributed by atoms with Crippen LogP contribution in [0, 0.1) is 0 Å². The summed E-state index contributed by atoms with van der Waals surface area (Å²) >= 11 is 1.21. The lowest BCUT2D eigenvalue weighted by atomic mass is 10.4. The van der Waals surface area contributed by atoms with E-state index in [1.54, 1.807) is 0 Å². The summed E-state index contributed by atoms with van der Waals surface area (Å²) in [6.07, 6.45) is 0.517. The summed E-state index contributed by atoms with van der Waals surface area (Å²) in [7, 11) is 1.53. The summed E-state index contributed by atoms with van der Waals surface area (Å²) in [6, 6.07) is 0. The number of carbonyl (C=O) groups is 4. The van der Waals surface area contributed by atoms with Crippen LogP contribution >= 0.6 is 11.8 Å². The molecule has 1 aliphatic rings. The lowest BCUT2D eigenvalue weighted by molar-refractivity contribution is -0.138. The van der Waals surface area contributed by atoms with Crippen LogP contribution < -0.4 is 10.6 Å². The van der Waals surface area contributed by atoms with Crippen LogP contribution in [0.15, 0.2) is 0 Å². The molecule has 0 spiro atoms. The van der Waals surface area contributed by atoms with Crippen molar-refractivity contribution in [3.05, 3.63) is 0 Å². The van der Waals surface area contributed by atoms with Crippen LogP contribution in [0.2, 0.25) is 0 Å².